The lowest BCUT2D eigenvalue weighted by Crippen LogP contribution is -2.03. The van der Waals surface area contributed by atoms with E-state index in [-0.39, 0.29) is 0 Å². The van der Waals surface area contributed by atoms with Gasteiger partial charge >= 0.3 is 0 Å². The van der Waals surface area contributed by atoms with Crippen molar-refractivity contribution < 1.29 is 4.84 Å². The van der Waals surface area contributed by atoms with Gasteiger partial charge in [-0.15, -0.1) is 0 Å². The molecular formula is C7H10N2O. The third-order valence-corrected chi connectivity index (χ3v) is 1.26. The lowest BCUT2D eigenvalue weighted by atomic mass is 10.2. The van der Waals surface area contributed by atoms with Gasteiger partial charge in [0.15, 0.2) is 0 Å². The van der Waals surface area contributed by atoms with Crippen molar-refractivity contribution in [2.45, 2.75) is 6.42 Å². The first-order chi connectivity index (χ1) is 4.93. The van der Waals surface area contributed by atoms with Gasteiger partial charge in [-0.2, -0.15) is 0 Å². The van der Waals surface area contributed by atoms with E-state index in [2.05, 4.69) is 9.82 Å². The van der Waals surface area contributed by atoms with Crippen LogP contribution >= 0.6 is 0 Å². The van der Waals surface area contributed by atoms with Crippen molar-refractivity contribution >= 4 is 0 Å². The topological polar surface area (TPSA) is 48.1 Å². The molecule has 0 radical (unpaired) electrons. The maximum absolute atomic E-state index is 4.86. The minimum absolute atomic E-state index is 0.560. The second kappa shape index (κ2) is 3.98. The van der Waals surface area contributed by atoms with Crippen LogP contribution < -0.4 is 5.90 Å². The van der Waals surface area contributed by atoms with Crippen LogP contribution in [-0.4, -0.2) is 11.6 Å². The van der Waals surface area contributed by atoms with E-state index >= 15 is 0 Å². The van der Waals surface area contributed by atoms with Crippen LogP contribution in [0, 0.1) is 0 Å². The van der Waals surface area contributed by atoms with Gasteiger partial charge in [0.25, 0.3) is 0 Å². The molecule has 1 rings (SSSR count). The Bertz CT molecular complexity index is 176. The first-order valence-corrected chi connectivity index (χ1v) is 3.14. The van der Waals surface area contributed by atoms with Crippen LogP contribution in [0.15, 0.2) is 24.5 Å². The van der Waals surface area contributed by atoms with Gasteiger partial charge in [0, 0.05) is 12.4 Å². The summed E-state index contributed by atoms with van der Waals surface area (Å²) in [5.74, 6) is 4.86. The van der Waals surface area contributed by atoms with Crippen molar-refractivity contribution in [2.75, 3.05) is 6.61 Å². The van der Waals surface area contributed by atoms with Crippen LogP contribution in [0.25, 0.3) is 0 Å². The van der Waals surface area contributed by atoms with E-state index in [0.29, 0.717) is 6.61 Å². The molecule has 0 aliphatic rings. The molecule has 3 nitrogen and oxygen atoms in total. The summed E-state index contributed by atoms with van der Waals surface area (Å²) in [5.41, 5.74) is 1.19. The lowest BCUT2D eigenvalue weighted by molar-refractivity contribution is 0.141. The summed E-state index contributed by atoms with van der Waals surface area (Å²) in [7, 11) is 0. The zero-order chi connectivity index (χ0) is 7.23. The van der Waals surface area contributed by atoms with Crippen molar-refractivity contribution in [2.24, 2.45) is 5.90 Å². The molecule has 0 aliphatic heterocycles. The van der Waals surface area contributed by atoms with Crippen LogP contribution in [0.3, 0.4) is 0 Å². The van der Waals surface area contributed by atoms with Gasteiger partial charge in [0.05, 0.1) is 6.61 Å². The van der Waals surface area contributed by atoms with Crippen LogP contribution in [-0.2, 0) is 11.3 Å². The van der Waals surface area contributed by atoms with Crippen molar-refractivity contribution in [1.82, 2.24) is 4.98 Å². The number of pyridine rings is 1. The Hall–Kier alpha value is -0.930. The lowest BCUT2D eigenvalue weighted by Gasteiger charge is -1.96. The average molecular weight is 138 g/mol. The van der Waals surface area contributed by atoms with Crippen molar-refractivity contribution in [1.29, 1.82) is 0 Å². The van der Waals surface area contributed by atoms with E-state index in [0.717, 1.165) is 6.42 Å². The van der Waals surface area contributed by atoms with Gasteiger partial charge in [-0.25, -0.2) is 5.90 Å². The number of nitrogens with zero attached hydrogens (tertiary/aromatic N) is 1. The molecule has 2 N–H and O–H groups in total. The summed E-state index contributed by atoms with van der Waals surface area (Å²) in [6.45, 7) is 0.560. The van der Waals surface area contributed by atoms with E-state index in [1.165, 1.54) is 5.56 Å². The van der Waals surface area contributed by atoms with Gasteiger partial charge < -0.3 is 4.84 Å². The maximum Gasteiger partial charge on any atom is 0.0719 e. The average Bonchev–Trinajstić information content (AvgIpc) is 2.03. The fourth-order valence-corrected chi connectivity index (χ4v) is 0.726. The Morgan fingerprint density at radius 3 is 2.70 bits per heavy atom. The molecule has 0 amide bonds. The number of hydrogen-bond acceptors (Lipinski definition) is 3. The maximum atomic E-state index is 4.86. The molecule has 1 heterocycles. The Balaban J connectivity index is 2.43. The molecule has 3 heteroatoms. The number of rotatable bonds is 3. The molecule has 0 unspecified atom stereocenters. The second-order valence-electron chi connectivity index (χ2n) is 1.98. The van der Waals surface area contributed by atoms with Crippen LogP contribution in [0.1, 0.15) is 5.56 Å². The summed E-state index contributed by atoms with van der Waals surface area (Å²) in [4.78, 5) is 8.31. The minimum atomic E-state index is 0.560. The van der Waals surface area contributed by atoms with E-state index in [9.17, 15) is 0 Å². The molecule has 0 saturated heterocycles. The SMILES string of the molecule is NOCCc1ccncc1. The second-order valence-corrected chi connectivity index (χ2v) is 1.98. The standard InChI is InChI=1S/C7H10N2O/c8-10-6-3-7-1-4-9-5-2-7/h1-2,4-5H,3,6,8H2. The zero-order valence-electron chi connectivity index (χ0n) is 5.66. The summed E-state index contributed by atoms with van der Waals surface area (Å²) >= 11 is 0. The first-order valence-electron chi connectivity index (χ1n) is 3.14. The molecule has 1 aromatic rings. The van der Waals surface area contributed by atoms with Gasteiger partial charge in [0.1, 0.15) is 0 Å². The summed E-state index contributed by atoms with van der Waals surface area (Å²) < 4.78 is 0. The Kier molecular flexibility index (Phi) is 2.86. The monoisotopic (exact) mass is 138 g/mol. The highest BCUT2D eigenvalue weighted by molar-refractivity contribution is 5.09. The van der Waals surface area contributed by atoms with Crippen LogP contribution in [0.4, 0.5) is 0 Å². The normalized spacial score (nSPS) is 9.70. The zero-order valence-corrected chi connectivity index (χ0v) is 5.66. The van der Waals surface area contributed by atoms with Crippen LogP contribution in [0.2, 0.25) is 0 Å². The quantitative estimate of drug-likeness (QED) is 0.619. The first kappa shape index (κ1) is 7.18. The fourth-order valence-electron chi connectivity index (χ4n) is 0.726. The van der Waals surface area contributed by atoms with Gasteiger partial charge in [0.2, 0.25) is 0 Å². The molecule has 0 bridgehead atoms. The molecule has 0 aliphatic carbocycles. The number of nitrogens with two attached hydrogens (primary N) is 1. The van der Waals surface area contributed by atoms with Gasteiger partial charge in [-0.3, -0.25) is 4.98 Å². The fraction of sp³-hybridized carbons (Fsp3) is 0.286. The predicted octanol–water partition coefficient (Wildman–Crippen LogP) is 0.514. The summed E-state index contributed by atoms with van der Waals surface area (Å²) in [6, 6.07) is 3.89. The van der Waals surface area contributed by atoms with Gasteiger partial charge in [-0.1, -0.05) is 0 Å². The molecule has 0 spiro atoms. The number of hydrogen-bond donors (Lipinski definition) is 1. The third-order valence-electron chi connectivity index (χ3n) is 1.26. The number of aromatic nitrogens is 1. The van der Waals surface area contributed by atoms with Crippen LogP contribution in [0.5, 0.6) is 0 Å². The largest absolute Gasteiger partial charge is 0.304 e. The third kappa shape index (κ3) is 2.13. The van der Waals surface area contributed by atoms with Crippen molar-refractivity contribution in [3.05, 3.63) is 30.1 Å². The molecule has 10 heavy (non-hydrogen) atoms. The summed E-state index contributed by atoms with van der Waals surface area (Å²) in [6.07, 6.45) is 4.36. The van der Waals surface area contributed by atoms with E-state index in [1.54, 1.807) is 12.4 Å². The Morgan fingerprint density at radius 2 is 2.10 bits per heavy atom. The smallest absolute Gasteiger partial charge is 0.0719 e. The highest BCUT2D eigenvalue weighted by Gasteiger charge is 1.88. The minimum Gasteiger partial charge on any atom is -0.304 e. The van der Waals surface area contributed by atoms with E-state index in [4.69, 9.17) is 5.90 Å². The molecule has 0 aromatic carbocycles. The molecular weight excluding hydrogens is 128 g/mol. The molecule has 0 atom stereocenters. The Labute approximate surface area is 59.8 Å². The molecule has 0 saturated carbocycles. The van der Waals surface area contributed by atoms with Crippen molar-refractivity contribution in [3.63, 3.8) is 0 Å². The van der Waals surface area contributed by atoms with Crippen molar-refractivity contribution in [3.8, 4) is 0 Å². The molecule has 1 aromatic heterocycles. The Morgan fingerprint density at radius 1 is 1.40 bits per heavy atom. The molecule has 0 fully saturated rings. The predicted molar refractivity (Wildman–Crippen MR) is 38.1 cm³/mol. The van der Waals surface area contributed by atoms with Gasteiger partial charge in [-0.05, 0) is 24.1 Å². The highest BCUT2D eigenvalue weighted by atomic mass is 16.6. The molecule has 54 valence electrons. The van der Waals surface area contributed by atoms with E-state index in [1.807, 2.05) is 12.1 Å². The summed E-state index contributed by atoms with van der Waals surface area (Å²) in [5, 5.41) is 0. The van der Waals surface area contributed by atoms with E-state index < -0.39 is 0 Å². The highest BCUT2D eigenvalue weighted by Crippen LogP contribution is 1.95.